The SMILES string of the molecule is COC(=O)C(CCC1CCCO1)(C(=O)O)C1CCCC1. The van der Waals surface area contributed by atoms with Gasteiger partial charge in [0.25, 0.3) is 0 Å². The first-order valence-electron chi connectivity index (χ1n) is 7.54. The quantitative estimate of drug-likeness (QED) is 0.599. The van der Waals surface area contributed by atoms with E-state index in [-0.39, 0.29) is 12.0 Å². The summed E-state index contributed by atoms with van der Waals surface area (Å²) in [4.78, 5) is 24.1. The molecule has 2 atom stereocenters. The van der Waals surface area contributed by atoms with Crippen LogP contribution in [-0.2, 0) is 19.1 Å². The number of carboxylic acids is 1. The van der Waals surface area contributed by atoms with E-state index in [4.69, 9.17) is 9.47 Å². The summed E-state index contributed by atoms with van der Waals surface area (Å²) in [6.45, 7) is 0.742. The van der Waals surface area contributed by atoms with E-state index >= 15 is 0 Å². The number of hydrogen-bond acceptors (Lipinski definition) is 4. The predicted molar refractivity (Wildman–Crippen MR) is 72.3 cm³/mol. The van der Waals surface area contributed by atoms with Gasteiger partial charge in [-0.3, -0.25) is 9.59 Å². The molecule has 1 aliphatic carbocycles. The van der Waals surface area contributed by atoms with Crippen LogP contribution >= 0.6 is 0 Å². The molecular weight excluding hydrogens is 260 g/mol. The Labute approximate surface area is 119 Å². The maximum absolute atomic E-state index is 12.2. The van der Waals surface area contributed by atoms with Gasteiger partial charge in [0.05, 0.1) is 13.2 Å². The zero-order chi connectivity index (χ0) is 14.6. The van der Waals surface area contributed by atoms with Gasteiger partial charge in [-0.25, -0.2) is 0 Å². The van der Waals surface area contributed by atoms with Crippen molar-refractivity contribution in [2.75, 3.05) is 13.7 Å². The van der Waals surface area contributed by atoms with Crippen LogP contribution in [0.4, 0.5) is 0 Å². The molecule has 2 fully saturated rings. The van der Waals surface area contributed by atoms with E-state index in [1.54, 1.807) is 0 Å². The molecule has 5 nitrogen and oxygen atoms in total. The monoisotopic (exact) mass is 284 g/mol. The van der Waals surface area contributed by atoms with Gasteiger partial charge < -0.3 is 14.6 Å². The standard InChI is InChI=1S/C15H24O5/c1-19-14(18)15(13(16)17,11-5-2-3-6-11)9-8-12-7-4-10-20-12/h11-12H,2-10H2,1H3,(H,16,17). The van der Waals surface area contributed by atoms with Gasteiger partial charge in [-0.15, -0.1) is 0 Å². The van der Waals surface area contributed by atoms with Crippen LogP contribution in [0.15, 0.2) is 0 Å². The number of rotatable bonds is 6. The number of aliphatic carboxylic acids is 1. The summed E-state index contributed by atoms with van der Waals surface area (Å²) >= 11 is 0. The molecule has 1 saturated carbocycles. The molecule has 1 saturated heterocycles. The van der Waals surface area contributed by atoms with Crippen molar-refractivity contribution in [2.24, 2.45) is 11.3 Å². The number of methoxy groups -OCH3 is 1. The van der Waals surface area contributed by atoms with Crippen LogP contribution in [-0.4, -0.2) is 36.9 Å². The molecule has 0 amide bonds. The summed E-state index contributed by atoms with van der Waals surface area (Å²) in [7, 11) is 1.28. The molecule has 2 rings (SSSR count). The number of hydrogen-bond donors (Lipinski definition) is 1. The third-order valence-corrected chi connectivity index (χ3v) is 4.87. The minimum Gasteiger partial charge on any atom is -0.480 e. The molecule has 0 aromatic carbocycles. The number of ether oxygens (including phenoxy) is 2. The van der Waals surface area contributed by atoms with Crippen LogP contribution in [0, 0.1) is 11.3 Å². The Kier molecular flexibility index (Phi) is 5.02. The van der Waals surface area contributed by atoms with Gasteiger partial charge in [0.15, 0.2) is 5.41 Å². The summed E-state index contributed by atoms with van der Waals surface area (Å²) < 4.78 is 10.4. The smallest absolute Gasteiger partial charge is 0.323 e. The molecule has 5 heteroatoms. The Bertz CT molecular complexity index is 355. The molecule has 114 valence electrons. The van der Waals surface area contributed by atoms with E-state index in [9.17, 15) is 14.7 Å². The Morgan fingerprint density at radius 2 is 1.95 bits per heavy atom. The van der Waals surface area contributed by atoms with Crippen molar-refractivity contribution >= 4 is 11.9 Å². The second-order valence-corrected chi connectivity index (χ2v) is 5.92. The highest BCUT2D eigenvalue weighted by atomic mass is 16.5. The fraction of sp³-hybridized carbons (Fsp3) is 0.867. The Morgan fingerprint density at radius 1 is 1.25 bits per heavy atom. The van der Waals surface area contributed by atoms with Crippen molar-refractivity contribution in [3.63, 3.8) is 0 Å². The van der Waals surface area contributed by atoms with Crippen molar-refractivity contribution in [2.45, 2.75) is 57.5 Å². The summed E-state index contributed by atoms with van der Waals surface area (Å²) in [6, 6.07) is 0. The summed E-state index contributed by atoms with van der Waals surface area (Å²) in [5, 5.41) is 9.72. The van der Waals surface area contributed by atoms with Gasteiger partial charge >= 0.3 is 11.9 Å². The van der Waals surface area contributed by atoms with Crippen LogP contribution in [0.3, 0.4) is 0 Å². The fourth-order valence-corrected chi connectivity index (χ4v) is 3.70. The lowest BCUT2D eigenvalue weighted by Gasteiger charge is -2.33. The molecular formula is C15H24O5. The molecule has 1 N–H and O–H groups in total. The molecule has 1 aliphatic heterocycles. The topological polar surface area (TPSA) is 72.8 Å². The second kappa shape index (κ2) is 6.57. The molecule has 0 bridgehead atoms. The van der Waals surface area contributed by atoms with E-state index in [0.717, 1.165) is 45.1 Å². The first kappa shape index (κ1) is 15.3. The molecule has 0 spiro atoms. The van der Waals surface area contributed by atoms with Gasteiger partial charge in [0.2, 0.25) is 0 Å². The maximum atomic E-state index is 12.2. The van der Waals surface area contributed by atoms with E-state index in [1.165, 1.54) is 7.11 Å². The average molecular weight is 284 g/mol. The van der Waals surface area contributed by atoms with Crippen molar-refractivity contribution in [3.05, 3.63) is 0 Å². The van der Waals surface area contributed by atoms with E-state index in [0.29, 0.717) is 12.8 Å². The molecule has 2 unspecified atom stereocenters. The highest BCUT2D eigenvalue weighted by molar-refractivity contribution is 5.99. The Morgan fingerprint density at radius 3 is 2.45 bits per heavy atom. The summed E-state index contributed by atoms with van der Waals surface area (Å²) in [5.41, 5.74) is -1.38. The molecule has 2 aliphatic rings. The Hall–Kier alpha value is -1.10. The lowest BCUT2D eigenvalue weighted by molar-refractivity contribution is -0.173. The lowest BCUT2D eigenvalue weighted by atomic mass is 9.70. The van der Waals surface area contributed by atoms with Crippen LogP contribution < -0.4 is 0 Å². The third-order valence-electron chi connectivity index (χ3n) is 4.87. The molecule has 0 aromatic rings. The van der Waals surface area contributed by atoms with Crippen molar-refractivity contribution in [1.82, 2.24) is 0 Å². The highest BCUT2D eigenvalue weighted by Crippen LogP contribution is 2.45. The van der Waals surface area contributed by atoms with E-state index in [2.05, 4.69) is 0 Å². The minimum absolute atomic E-state index is 0.0970. The fourth-order valence-electron chi connectivity index (χ4n) is 3.70. The largest absolute Gasteiger partial charge is 0.480 e. The molecule has 0 aromatic heterocycles. The van der Waals surface area contributed by atoms with Crippen LogP contribution in [0.1, 0.15) is 51.4 Å². The highest BCUT2D eigenvalue weighted by Gasteiger charge is 2.54. The lowest BCUT2D eigenvalue weighted by Crippen LogP contribution is -2.46. The van der Waals surface area contributed by atoms with Gasteiger partial charge in [-0.2, -0.15) is 0 Å². The number of esters is 1. The summed E-state index contributed by atoms with van der Waals surface area (Å²) in [5.74, 6) is -1.72. The van der Waals surface area contributed by atoms with Gasteiger partial charge in [-0.1, -0.05) is 12.8 Å². The number of carboxylic acid groups (broad SMARTS) is 1. The first-order chi connectivity index (χ1) is 9.61. The predicted octanol–water partition coefficient (Wildman–Crippen LogP) is 2.38. The van der Waals surface area contributed by atoms with Crippen molar-refractivity contribution in [1.29, 1.82) is 0 Å². The van der Waals surface area contributed by atoms with Crippen LogP contribution in [0.2, 0.25) is 0 Å². The molecule has 1 heterocycles. The van der Waals surface area contributed by atoms with Crippen LogP contribution in [0.5, 0.6) is 0 Å². The zero-order valence-corrected chi connectivity index (χ0v) is 12.1. The molecule has 20 heavy (non-hydrogen) atoms. The third kappa shape index (κ3) is 2.82. The second-order valence-electron chi connectivity index (χ2n) is 5.92. The van der Waals surface area contributed by atoms with Gasteiger partial charge in [0, 0.05) is 6.61 Å². The Balaban J connectivity index is 2.15. The van der Waals surface area contributed by atoms with Crippen LogP contribution in [0.25, 0.3) is 0 Å². The first-order valence-corrected chi connectivity index (χ1v) is 7.54. The van der Waals surface area contributed by atoms with E-state index in [1.807, 2.05) is 0 Å². The number of carbonyl (C=O) groups is 2. The van der Waals surface area contributed by atoms with Crippen molar-refractivity contribution < 1.29 is 24.2 Å². The van der Waals surface area contributed by atoms with Gasteiger partial charge in [-0.05, 0) is 44.4 Å². The molecule has 0 radical (unpaired) electrons. The van der Waals surface area contributed by atoms with Gasteiger partial charge in [0.1, 0.15) is 0 Å². The average Bonchev–Trinajstić information content (AvgIpc) is 3.11. The number of carbonyl (C=O) groups excluding carboxylic acids is 1. The minimum atomic E-state index is -1.38. The summed E-state index contributed by atoms with van der Waals surface area (Å²) in [6.07, 6.45) is 6.61. The maximum Gasteiger partial charge on any atom is 0.323 e. The van der Waals surface area contributed by atoms with Crippen molar-refractivity contribution in [3.8, 4) is 0 Å². The normalized spacial score (nSPS) is 26.4. The zero-order valence-electron chi connectivity index (χ0n) is 12.1. The van der Waals surface area contributed by atoms with E-state index < -0.39 is 17.4 Å².